The Bertz CT molecular complexity index is 1010. The number of rotatable bonds is 5. The summed E-state index contributed by atoms with van der Waals surface area (Å²) in [7, 11) is 3.19. The zero-order chi connectivity index (χ0) is 19.4. The van der Waals surface area contributed by atoms with Gasteiger partial charge in [0.25, 0.3) is 0 Å². The summed E-state index contributed by atoms with van der Waals surface area (Å²) in [5, 5.41) is 0.882. The normalized spacial score (nSPS) is 11.0. The average Bonchev–Trinajstić information content (AvgIpc) is 2.66. The van der Waals surface area contributed by atoms with Crippen molar-refractivity contribution in [1.29, 1.82) is 0 Å². The Hall–Kier alpha value is -3.12. The molecule has 7 heteroatoms. The molecular weight excluding hydrogens is 368 g/mol. The molecule has 0 saturated heterocycles. The Labute approximate surface area is 161 Å². The van der Waals surface area contributed by atoms with E-state index < -0.39 is 5.97 Å². The highest BCUT2D eigenvalue weighted by Crippen LogP contribution is 2.27. The third-order valence-electron chi connectivity index (χ3n) is 3.70. The molecule has 0 amide bonds. The van der Waals surface area contributed by atoms with Gasteiger partial charge in [-0.05, 0) is 42.0 Å². The third-order valence-corrected chi connectivity index (χ3v) is 3.99. The van der Waals surface area contributed by atoms with E-state index in [0.29, 0.717) is 34.0 Å². The first kappa shape index (κ1) is 18.7. The summed E-state index contributed by atoms with van der Waals surface area (Å²) < 4.78 is 15.6. The van der Waals surface area contributed by atoms with Crippen LogP contribution >= 0.6 is 11.6 Å². The molecule has 0 fully saturated rings. The minimum absolute atomic E-state index is 0.275. The lowest BCUT2D eigenvalue weighted by molar-refractivity contribution is -0.131. The molecule has 3 aromatic rings. The van der Waals surface area contributed by atoms with E-state index in [1.807, 2.05) is 18.2 Å². The summed E-state index contributed by atoms with van der Waals surface area (Å²) in [6, 6.07) is 10.6. The number of halogens is 1. The lowest BCUT2D eigenvalue weighted by atomic mass is 10.2. The summed E-state index contributed by atoms with van der Waals surface area (Å²) in [5.41, 5.74) is 1.52. The first-order valence-electron chi connectivity index (χ1n) is 8.05. The Morgan fingerprint density at radius 1 is 0.963 bits per heavy atom. The molecule has 1 heterocycles. The van der Waals surface area contributed by atoms with E-state index in [1.54, 1.807) is 44.6 Å². The monoisotopic (exact) mass is 384 g/mol. The maximum Gasteiger partial charge on any atom is 0.308 e. The Morgan fingerprint density at radius 2 is 1.67 bits per heavy atom. The van der Waals surface area contributed by atoms with Gasteiger partial charge in [0.15, 0.2) is 5.82 Å². The van der Waals surface area contributed by atoms with Gasteiger partial charge < -0.3 is 14.2 Å². The van der Waals surface area contributed by atoms with Crippen LogP contribution in [0.25, 0.3) is 23.1 Å². The van der Waals surface area contributed by atoms with Crippen molar-refractivity contribution in [3.05, 3.63) is 52.9 Å². The van der Waals surface area contributed by atoms with Gasteiger partial charge in [-0.25, -0.2) is 9.97 Å². The SMILES string of the molecule is COc1cc(/C=C/c2nc(Cl)c3cc(OC(C)=O)ccc3n2)cc(OC)c1. The Balaban J connectivity index is 1.93. The van der Waals surface area contributed by atoms with Crippen molar-refractivity contribution >= 4 is 40.6 Å². The lowest BCUT2D eigenvalue weighted by Gasteiger charge is -2.06. The van der Waals surface area contributed by atoms with Gasteiger partial charge in [0.2, 0.25) is 0 Å². The number of ether oxygens (including phenoxy) is 3. The van der Waals surface area contributed by atoms with Crippen molar-refractivity contribution in [2.75, 3.05) is 14.2 Å². The van der Waals surface area contributed by atoms with E-state index in [9.17, 15) is 4.79 Å². The van der Waals surface area contributed by atoms with Crippen molar-refractivity contribution in [2.45, 2.75) is 6.92 Å². The first-order valence-corrected chi connectivity index (χ1v) is 8.43. The summed E-state index contributed by atoms with van der Waals surface area (Å²) in [4.78, 5) is 19.8. The number of hydrogen-bond acceptors (Lipinski definition) is 6. The highest BCUT2D eigenvalue weighted by molar-refractivity contribution is 6.34. The molecule has 2 aromatic carbocycles. The molecule has 3 rings (SSSR count). The molecule has 138 valence electrons. The van der Waals surface area contributed by atoms with Crippen LogP contribution in [0, 0.1) is 0 Å². The van der Waals surface area contributed by atoms with Gasteiger partial charge in [-0.15, -0.1) is 0 Å². The van der Waals surface area contributed by atoms with Gasteiger partial charge in [-0.3, -0.25) is 4.79 Å². The molecule has 27 heavy (non-hydrogen) atoms. The number of hydrogen-bond donors (Lipinski definition) is 0. The number of benzene rings is 2. The molecule has 0 unspecified atom stereocenters. The van der Waals surface area contributed by atoms with Crippen molar-refractivity contribution in [1.82, 2.24) is 9.97 Å². The second kappa shape index (κ2) is 8.05. The van der Waals surface area contributed by atoms with Crippen LogP contribution in [-0.4, -0.2) is 30.2 Å². The van der Waals surface area contributed by atoms with Crippen LogP contribution in [0.5, 0.6) is 17.2 Å². The Kier molecular flexibility index (Phi) is 5.57. The highest BCUT2D eigenvalue weighted by atomic mass is 35.5. The summed E-state index contributed by atoms with van der Waals surface area (Å²) in [6.07, 6.45) is 3.59. The minimum Gasteiger partial charge on any atom is -0.497 e. The molecule has 0 saturated carbocycles. The fraction of sp³-hybridized carbons (Fsp3) is 0.150. The van der Waals surface area contributed by atoms with Crippen molar-refractivity contribution in [3.8, 4) is 17.2 Å². The molecule has 0 radical (unpaired) electrons. The molecule has 0 bridgehead atoms. The molecule has 6 nitrogen and oxygen atoms in total. The van der Waals surface area contributed by atoms with Crippen LogP contribution < -0.4 is 14.2 Å². The van der Waals surface area contributed by atoms with Gasteiger partial charge in [-0.2, -0.15) is 0 Å². The molecule has 0 spiro atoms. The van der Waals surface area contributed by atoms with Crippen LogP contribution in [0.15, 0.2) is 36.4 Å². The number of nitrogens with zero attached hydrogens (tertiary/aromatic N) is 2. The van der Waals surface area contributed by atoms with Gasteiger partial charge in [0.05, 0.1) is 19.7 Å². The van der Waals surface area contributed by atoms with Gasteiger partial charge in [0, 0.05) is 18.4 Å². The number of fused-ring (bicyclic) bond motifs is 1. The zero-order valence-electron chi connectivity index (χ0n) is 15.0. The smallest absolute Gasteiger partial charge is 0.308 e. The molecule has 0 aliphatic rings. The topological polar surface area (TPSA) is 70.5 Å². The first-order chi connectivity index (χ1) is 13.0. The van der Waals surface area contributed by atoms with Crippen molar-refractivity contribution in [2.24, 2.45) is 0 Å². The maximum absolute atomic E-state index is 11.1. The predicted molar refractivity (Wildman–Crippen MR) is 104 cm³/mol. The van der Waals surface area contributed by atoms with E-state index >= 15 is 0 Å². The van der Waals surface area contributed by atoms with E-state index in [0.717, 1.165) is 5.56 Å². The Morgan fingerprint density at radius 3 is 2.30 bits per heavy atom. The van der Waals surface area contributed by atoms with Crippen molar-refractivity contribution < 1.29 is 19.0 Å². The molecule has 0 aliphatic carbocycles. The number of methoxy groups -OCH3 is 2. The summed E-state index contributed by atoms with van der Waals surface area (Å²) in [5.74, 6) is 1.82. The lowest BCUT2D eigenvalue weighted by Crippen LogP contribution is -2.01. The predicted octanol–water partition coefficient (Wildman–Crippen LogP) is 4.40. The fourth-order valence-electron chi connectivity index (χ4n) is 2.49. The number of carbonyl (C=O) groups is 1. The number of aromatic nitrogens is 2. The van der Waals surface area contributed by atoms with Crippen molar-refractivity contribution in [3.63, 3.8) is 0 Å². The number of esters is 1. The van der Waals surface area contributed by atoms with Crippen LogP contribution in [0.3, 0.4) is 0 Å². The second-order valence-corrected chi connectivity index (χ2v) is 5.98. The fourth-order valence-corrected chi connectivity index (χ4v) is 2.73. The summed E-state index contributed by atoms with van der Waals surface area (Å²) in [6.45, 7) is 1.34. The van der Waals surface area contributed by atoms with E-state index in [2.05, 4.69) is 9.97 Å². The number of carbonyl (C=O) groups excluding carboxylic acids is 1. The third kappa shape index (κ3) is 4.54. The zero-order valence-corrected chi connectivity index (χ0v) is 15.8. The van der Waals surface area contributed by atoms with Crippen LogP contribution in [-0.2, 0) is 4.79 Å². The molecular formula is C20H17ClN2O4. The molecule has 0 aliphatic heterocycles. The van der Waals surface area contributed by atoms with Crippen LogP contribution in [0.4, 0.5) is 0 Å². The molecule has 0 N–H and O–H groups in total. The minimum atomic E-state index is -0.403. The van der Waals surface area contributed by atoms with E-state index in [-0.39, 0.29) is 5.15 Å². The van der Waals surface area contributed by atoms with Gasteiger partial charge in [0.1, 0.15) is 22.4 Å². The molecule has 1 aromatic heterocycles. The largest absolute Gasteiger partial charge is 0.497 e. The quantitative estimate of drug-likeness (QED) is 0.369. The maximum atomic E-state index is 11.1. The average molecular weight is 385 g/mol. The second-order valence-electron chi connectivity index (χ2n) is 5.62. The van der Waals surface area contributed by atoms with E-state index in [1.165, 1.54) is 6.92 Å². The summed E-state index contributed by atoms with van der Waals surface area (Å²) >= 11 is 6.28. The van der Waals surface area contributed by atoms with Crippen LogP contribution in [0.2, 0.25) is 5.15 Å². The van der Waals surface area contributed by atoms with Gasteiger partial charge in [-0.1, -0.05) is 17.7 Å². The van der Waals surface area contributed by atoms with E-state index in [4.69, 9.17) is 25.8 Å². The molecule has 0 atom stereocenters. The highest BCUT2D eigenvalue weighted by Gasteiger charge is 2.08. The van der Waals surface area contributed by atoms with Crippen LogP contribution in [0.1, 0.15) is 18.3 Å². The standard InChI is InChI=1S/C20H17ClN2O4/c1-12(24)27-14-5-6-18-17(11-14)20(21)23-19(22-18)7-4-13-8-15(25-2)10-16(9-13)26-3/h4-11H,1-3H3/b7-4+. The van der Waals surface area contributed by atoms with Gasteiger partial charge >= 0.3 is 5.97 Å².